The van der Waals surface area contributed by atoms with Crippen LogP contribution in [0.1, 0.15) is 36.6 Å². The predicted molar refractivity (Wildman–Crippen MR) is 95.3 cm³/mol. The van der Waals surface area contributed by atoms with Crippen molar-refractivity contribution < 1.29 is 9.59 Å². The van der Waals surface area contributed by atoms with Gasteiger partial charge in [-0.1, -0.05) is 60.2 Å². The van der Waals surface area contributed by atoms with Gasteiger partial charge in [-0.2, -0.15) is 0 Å². The minimum Gasteiger partial charge on any atom is -0.348 e. The molecule has 0 saturated heterocycles. The highest BCUT2D eigenvalue weighted by molar-refractivity contribution is 5.84. The van der Waals surface area contributed by atoms with Gasteiger partial charge in [0.05, 0.1) is 12.6 Å². The molecule has 1 unspecified atom stereocenters. The average Bonchev–Trinajstić information content (AvgIpc) is 2.55. The smallest absolute Gasteiger partial charge is 0.240 e. The molecule has 4 nitrogen and oxygen atoms in total. The number of carbonyl (C=O) groups is 2. The van der Waals surface area contributed by atoms with Crippen LogP contribution < -0.4 is 5.32 Å². The molecule has 2 aromatic rings. The lowest BCUT2D eigenvalue weighted by Gasteiger charge is -2.22. The monoisotopic (exact) mass is 324 g/mol. The van der Waals surface area contributed by atoms with Crippen molar-refractivity contribution in [3.05, 3.63) is 71.3 Å². The largest absolute Gasteiger partial charge is 0.348 e. The molecule has 1 atom stereocenters. The summed E-state index contributed by atoms with van der Waals surface area (Å²) in [7, 11) is 0. The van der Waals surface area contributed by atoms with Crippen molar-refractivity contribution >= 4 is 11.8 Å². The maximum Gasteiger partial charge on any atom is 0.240 e. The fourth-order valence-electron chi connectivity index (χ4n) is 2.59. The Hall–Kier alpha value is -2.62. The Labute approximate surface area is 143 Å². The molecule has 0 bridgehead atoms. The molecule has 0 fully saturated rings. The average molecular weight is 324 g/mol. The molecular formula is C20H24N2O2. The van der Waals surface area contributed by atoms with E-state index in [9.17, 15) is 9.59 Å². The number of benzene rings is 2. The molecule has 0 heterocycles. The van der Waals surface area contributed by atoms with Crippen molar-refractivity contribution in [1.29, 1.82) is 0 Å². The maximum absolute atomic E-state index is 12.3. The third-order valence-corrected chi connectivity index (χ3v) is 3.91. The second-order valence-corrected chi connectivity index (χ2v) is 6.06. The van der Waals surface area contributed by atoms with Gasteiger partial charge < -0.3 is 10.2 Å². The van der Waals surface area contributed by atoms with Crippen molar-refractivity contribution in [2.45, 2.75) is 33.4 Å². The second-order valence-electron chi connectivity index (χ2n) is 6.06. The van der Waals surface area contributed by atoms with E-state index in [1.54, 1.807) is 4.90 Å². The highest BCUT2D eigenvalue weighted by Crippen LogP contribution is 2.12. The number of amides is 2. The highest BCUT2D eigenvalue weighted by Gasteiger charge is 2.16. The highest BCUT2D eigenvalue weighted by atomic mass is 16.2. The van der Waals surface area contributed by atoms with Gasteiger partial charge in [0.25, 0.3) is 0 Å². The third kappa shape index (κ3) is 5.23. The van der Waals surface area contributed by atoms with Crippen LogP contribution in [0.25, 0.3) is 0 Å². The molecule has 0 aliphatic rings. The summed E-state index contributed by atoms with van der Waals surface area (Å²) < 4.78 is 0. The number of carbonyl (C=O) groups excluding carboxylic acids is 2. The van der Waals surface area contributed by atoms with Crippen LogP contribution in [-0.4, -0.2) is 23.3 Å². The van der Waals surface area contributed by atoms with Crippen LogP contribution in [0.2, 0.25) is 0 Å². The van der Waals surface area contributed by atoms with Crippen LogP contribution in [0.4, 0.5) is 0 Å². The SMILES string of the molecule is CC(=O)N(CC(=O)NC(C)c1ccccc1)Cc1cccc(C)c1. The molecule has 2 amide bonds. The summed E-state index contributed by atoms with van der Waals surface area (Å²) in [6, 6.07) is 17.6. The summed E-state index contributed by atoms with van der Waals surface area (Å²) in [5, 5.41) is 2.95. The molecule has 0 spiro atoms. The summed E-state index contributed by atoms with van der Waals surface area (Å²) in [5.41, 5.74) is 3.20. The van der Waals surface area contributed by atoms with Gasteiger partial charge in [-0.3, -0.25) is 9.59 Å². The summed E-state index contributed by atoms with van der Waals surface area (Å²) in [4.78, 5) is 25.7. The Morgan fingerprint density at radius 3 is 2.42 bits per heavy atom. The number of hydrogen-bond acceptors (Lipinski definition) is 2. The molecule has 4 heteroatoms. The van der Waals surface area contributed by atoms with Gasteiger partial charge in [-0.05, 0) is 25.0 Å². The van der Waals surface area contributed by atoms with Crippen LogP contribution >= 0.6 is 0 Å². The quantitative estimate of drug-likeness (QED) is 0.887. The molecule has 1 N–H and O–H groups in total. The van der Waals surface area contributed by atoms with Crippen LogP contribution in [0.3, 0.4) is 0 Å². The molecule has 24 heavy (non-hydrogen) atoms. The molecule has 2 aromatic carbocycles. The van der Waals surface area contributed by atoms with Crippen LogP contribution in [0, 0.1) is 6.92 Å². The zero-order chi connectivity index (χ0) is 17.5. The second kappa shape index (κ2) is 8.29. The molecular weight excluding hydrogens is 300 g/mol. The molecule has 0 aliphatic heterocycles. The number of nitrogens with one attached hydrogen (secondary N) is 1. The van der Waals surface area contributed by atoms with E-state index in [1.807, 2.05) is 68.4 Å². The van der Waals surface area contributed by atoms with E-state index in [4.69, 9.17) is 0 Å². The standard InChI is InChI=1S/C20H24N2O2/c1-15-8-7-9-18(12-15)13-22(17(3)23)14-20(24)21-16(2)19-10-5-4-6-11-19/h4-12,16H,13-14H2,1-3H3,(H,21,24). The number of hydrogen-bond donors (Lipinski definition) is 1. The molecule has 0 aliphatic carbocycles. The fourth-order valence-corrected chi connectivity index (χ4v) is 2.59. The first kappa shape index (κ1) is 17.7. The molecule has 0 saturated carbocycles. The van der Waals surface area contributed by atoms with E-state index in [1.165, 1.54) is 6.92 Å². The molecule has 0 aromatic heterocycles. The van der Waals surface area contributed by atoms with Gasteiger partial charge in [0.2, 0.25) is 11.8 Å². The lowest BCUT2D eigenvalue weighted by atomic mass is 10.1. The Kier molecular flexibility index (Phi) is 6.13. The molecule has 126 valence electrons. The van der Waals surface area contributed by atoms with Crippen LogP contribution in [-0.2, 0) is 16.1 Å². The van der Waals surface area contributed by atoms with Crippen molar-refractivity contribution in [2.75, 3.05) is 6.54 Å². The van der Waals surface area contributed by atoms with Crippen LogP contribution in [0.15, 0.2) is 54.6 Å². The van der Waals surface area contributed by atoms with Crippen molar-refractivity contribution in [3.63, 3.8) is 0 Å². The zero-order valence-electron chi connectivity index (χ0n) is 14.5. The van der Waals surface area contributed by atoms with Gasteiger partial charge in [0.1, 0.15) is 0 Å². The van der Waals surface area contributed by atoms with Crippen LogP contribution in [0.5, 0.6) is 0 Å². The van der Waals surface area contributed by atoms with E-state index >= 15 is 0 Å². The van der Waals surface area contributed by atoms with E-state index < -0.39 is 0 Å². The lowest BCUT2D eigenvalue weighted by Crippen LogP contribution is -2.40. The third-order valence-electron chi connectivity index (χ3n) is 3.91. The van der Waals surface area contributed by atoms with Gasteiger partial charge in [-0.25, -0.2) is 0 Å². The Bertz CT molecular complexity index is 698. The zero-order valence-corrected chi connectivity index (χ0v) is 14.5. The number of rotatable bonds is 6. The Morgan fingerprint density at radius 2 is 1.79 bits per heavy atom. The first-order valence-electron chi connectivity index (χ1n) is 8.11. The summed E-state index contributed by atoms with van der Waals surface area (Å²) in [6.45, 7) is 5.93. The van der Waals surface area contributed by atoms with Gasteiger partial charge >= 0.3 is 0 Å². The maximum atomic E-state index is 12.3. The first-order chi connectivity index (χ1) is 11.5. The Balaban J connectivity index is 1.97. The number of nitrogens with zero attached hydrogens (tertiary/aromatic N) is 1. The topological polar surface area (TPSA) is 49.4 Å². The van der Waals surface area contributed by atoms with Crippen molar-refractivity contribution in [1.82, 2.24) is 10.2 Å². The molecule has 0 radical (unpaired) electrons. The summed E-state index contributed by atoms with van der Waals surface area (Å²) in [5.74, 6) is -0.270. The molecule has 2 rings (SSSR count). The first-order valence-corrected chi connectivity index (χ1v) is 8.11. The van der Waals surface area contributed by atoms with Gasteiger partial charge in [0.15, 0.2) is 0 Å². The van der Waals surface area contributed by atoms with E-state index in [0.29, 0.717) is 6.54 Å². The Morgan fingerprint density at radius 1 is 1.08 bits per heavy atom. The minimum atomic E-state index is -0.158. The van der Waals surface area contributed by atoms with Crippen molar-refractivity contribution in [3.8, 4) is 0 Å². The number of aryl methyl sites for hydroxylation is 1. The summed E-state index contributed by atoms with van der Waals surface area (Å²) in [6.07, 6.45) is 0. The van der Waals surface area contributed by atoms with E-state index in [0.717, 1.165) is 16.7 Å². The van der Waals surface area contributed by atoms with Crippen molar-refractivity contribution in [2.24, 2.45) is 0 Å². The minimum absolute atomic E-state index is 0.0560. The van der Waals surface area contributed by atoms with Gasteiger partial charge in [0, 0.05) is 13.5 Å². The van der Waals surface area contributed by atoms with Gasteiger partial charge in [-0.15, -0.1) is 0 Å². The normalized spacial score (nSPS) is 11.6. The summed E-state index contributed by atoms with van der Waals surface area (Å²) >= 11 is 0. The van der Waals surface area contributed by atoms with E-state index in [2.05, 4.69) is 5.32 Å². The van der Waals surface area contributed by atoms with E-state index in [-0.39, 0.29) is 24.4 Å². The predicted octanol–water partition coefficient (Wildman–Crippen LogP) is 3.22. The lowest BCUT2D eigenvalue weighted by molar-refractivity contribution is -0.135. The fraction of sp³-hybridized carbons (Fsp3) is 0.300.